The molecule has 0 fully saturated rings. The van der Waals surface area contributed by atoms with Gasteiger partial charge in [0.05, 0.1) is 20.9 Å². The van der Waals surface area contributed by atoms with E-state index in [1.807, 2.05) is 0 Å². The van der Waals surface area contributed by atoms with Crippen LogP contribution in [0, 0.1) is 0 Å². The van der Waals surface area contributed by atoms with Gasteiger partial charge in [0.25, 0.3) is 0 Å². The highest BCUT2D eigenvalue weighted by Gasteiger charge is 2.32. The molecule has 0 aromatic heterocycles. The number of ether oxygens (including phenoxy) is 2. The molecule has 0 spiro atoms. The molecule has 0 heterocycles. The second-order valence-corrected chi connectivity index (χ2v) is 10.7. The minimum absolute atomic E-state index is 0.307. The molecule has 0 aromatic rings. The summed E-state index contributed by atoms with van der Waals surface area (Å²) >= 11 is 0. The van der Waals surface area contributed by atoms with E-state index in [2.05, 4.69) is 37.5 Å². The van der Waals surface area contributed by atoms with Crippen molar-refractivity contribution in [2.45, 2.75) is 38.7 Å². The fourth-order valence-electron chi connectivity index (χ4n) is 1.21. The Morgan fingerprint density at radius 1 is 1.17 bits per heavy atom. The Bertz CT molecular complexity index is 366. The van der Waals surface area contributed by atoms with Gasteiger partial charge in [0, 0.05) is 17.6 Å². The maximum Gasteiger partial charge on any atom is 0.333 e. The maximum atomic E-state index is 11.6. The Kier molecular flexibility index (Phi) is 6.04. The summed E-state index contributed by atoms with van der Waals surface area (Å²) in [5.74, 6) is -0.898. The van der Waals surface area contributed by atoms with E-state index >= 15 is 0 Å². The number of esters is 2. The molecule has 1 unspecified atom stereocenters. The molecule has 0 saturated heterocycles. The van der Waals surface area contributed by atoms with Crippen LogP contribution in [0.3, 0.4) is 0 Å². The number of hydrogen-bond donors (Lipinski definition) is 0. The van der Waals surface area contributed by atoms with Crippen LogP contribution >= 0.6 is 0 Å². The molecule has 102 valence electrons. The van der Waals surface area contributed by atoms with E-state index < -0.39 is 20.0 Å². The van der Waals surface area contributed by atoms with Crippen LogP contribution in [0.5, 0.6) is 0 Å². The molecular formula is C13H22O4Si. The van der Waals surface area contributed by atoms with Gasteiger partial charge >= 0.3 is 11.9 Å². The molecular weight excluding hydrogens is 248 g/mol. The third kappa shape index (κ3) is 5.31. The molecule has 0 aromatic carbocycles. The van der Waals surface area contributed by atoms with Gasteiger partial charge in [-0.05, 0) is 6.92 Å². The van der Waals surface area contributed by atoms with Gasteiger partial charge in [-0.25, -0.2) is 9.59 Å². The van der Waals surface area contributed by atoms with Crippen LogP contribution < -0.4 is 0 Å². The molecule has 0 bridgehead atoms. The standard InChI is InChI=1S/C13H22O4Si/c1-9(2)12(14)17-11(18(5,6)7)8-10(3)13(15)16-4/h11H,1,3,8H2,2,4-7H3. The van der Waals surface area contributed by atoms with Crippen molar-refractivity contribution in [1.82, 2.24) is 0 Å². The monoisotopic (exact) mass is 270 g/mol. The van der Waals surface area contributed by atoms with Crippen LogP contribution in [0.4, 0.5) is 0 Å². The summed E-state index contributed by atoms with van der Waals surface area (Å²) < 4.78 is 9.99. The number of carbonyl (C=O) groups is 2. The molecule has 1 atom stereocenters. The summed E-state index contributed by atoms with van der Waals surface area (Å²) in [6, 6.07) is 0. The zero-order chi connectivity index (χ0) is 14.5. The number of hydrogen-bond acceptors (Lipinski definition) is 4. The molecule has 5 heteroatoms. The van der Waals surface area contributed by atoms with Crippen LogP contribution in [-0.2, 0) is 19.1 Å². The van der Waals surface area contributed by atoms with E-state index in [0.717, 1.165) is 0 Å². The molecule has 0 aliphatic heterocycles. The number of carbonyl (C=O) groups excluding carboxylic acids is 2. The third-order valence-electron chi connectivity index (χ3n) is 2.47. The Hall–Kier alpha value is -1.36. The summed E-state index contributed by atoms with van der Waals surface area (Å²) in [6.07, 6.45) is 0.307. The average molecular weight is 270 g/mol. The smallest absolute Gasteiger partial charge is 0.333 e. The molecule has 0 rings (SSSR count). The summed E-state index contributed by atoms with van der Waals surface area (Å²) in [4.78, 5) is 22.9. The highest BCUT2D eigenvalue weighted by Crippen LogP contribution is 2.20. The zero-order valence-corrected chi connectivity index (χ0v) is 12.8. The fourth-order valence-corrected chi connectivity index (χ4v) is 2.53. The van der Waals surface area contributed by atoms with Gasteiger partial charge in [-0.2, -0.15) is 0 Å². The van der Waals surface area contributed by atoms with Crippen LogP contribution in [0.2, 0.25) is 19.6 Å². The van der Waals surface area contributed by atoms with Crippen LogP contribution in [-0.4, -0.2) is 32.8 Å². The van der Waals surface area contributed by atoms with E-state index in [9.17, 15) is 9.59 Å². The third-order valence-corrected chi connectivity index (χ3v) is 4.72. The quantitative estimate of drug-likeness (QED) is 0.423. The molecule has 0 amide bonds. The predicted octanol–water partition coefficient (Wildman–Crippen LogP) is 2.47. The minimum Gasteiger partial charge on any atom is -0.466 e. The van der Waals surface area contributed by atoms with E-state index in [4.69, 9.17) is 4.74 Å². The minimum atomic E-state index is -1.77. The molecule has 4 nitrogen and oxygen atoms in total. The van der Waals surface area contributed by atoms with Crippen molar-refractivity contribution in [3.8, 4) is 0 Å². The SMILES string of the molecule is C=C(C)C(=O)OC(CC(=C)C(=O)OC)[Si](C)(C)C. The van der Waals surface area contributed by atoms with E-state index in [1.54, 1.807) is 6.92 Å². The van der Waals surface area contributed by atoms with Gasteiger partial charge in [-0.1, -0.05) is 32.8 Å². The van der Waals surface area contributed by atoms with Crippen LogP contribution in [0.1, 0.15) is 13.3 Å². The van der Waals surface area contributed by atoms with Crippen LogP contribution in [0.25, 0.3) is 0 Å². The molecule has 0 aliphatic rings. The first-order chi connectivity index (χ1) is 8.09. The Morgan fingerprint density at radius 2 is 1.67 bits per heavy atom. The first kappa shape index (κ1) is 16.6. The van der Waals surface area contributed by atoms with E-state index in [0.29, 0.717) is 17.6 Å². The second-order valence-electron chi connectivity index (χ2n) is 5.34. The molecule has 0 saturated carbocycles. The van der Waals surface area contributed by atoms with Gasteiger partial charge < -0.3 is 9.47 Å². The van der Waals surface area contributed by atoms with Crippen molar-refractivity contribution in [1.29, 1.82) is 0 Å². The zero-order valence-electron chi connectivity index (χ0n) is 11.8. The predicted molar refractivity (Wildman–Crippen MR) is 73.8 cm³/mol. The largest absolute Gasteiger partial charge is 0.466 e. The lowest BCUT2D eigenvalue weighted by atomic mass is 10.2. The Balaban J connectivity index is 4.82. The average Bonchev–Trinajstić information content (AvgIpc) is 2.25. The molecule has 18 heavy (non-hydrogen) atoms. The first-order valence-electron chi connectivity index (χ1n) is 5.72. The van der Waals surface area contributed by atoms with Gasteiger partial charge in [-0.15, -0.1) is 0 Å². The molecule has 0 radical (unpaired) electrons. The normalized spacial score (nSPS) is 12.5. The topological polar surface area (TPSA) is 52.6 Å². The first-order valence-corrected chi connectivity index (χ1v) is 9.30. The highest BCUT2D eigenvalue weighted by molar-refractivity contribution is 6.77. The Morgan fingerprint density at radius 3 is 2.00 bits per heavy atom. The van der Waals surface area contributed by atoms with Crippen molar-refractivity contribution in [2.24, 2.45) is 0 Å². The summed E-state index contributed by atoms with van der Waals surface area (Å²) in [7, 11) is -0.467. The van der Waals surface area contributed by atoms with Crippen molar-refractivity contribution in [3.05, 3.63) is 24.3 Å². The van der Waals surface area contributed by atoms with Gasteiger partial charge in [0.2, 0.25) is 0 Å². The number of rotatable bonds is 6. The van der Waals surface area contributed by atoms with Crippen molar-refractivity contribution in [3.63, 3.8) is 0 Å². The lowest BCUT2D eigenvalue weighted by Crippen LogP contribution is -2.42. The van der Waals surface area contributed by atoms with E-state index in [-0.39, 0.29) is 5.73 Å². The van der Waals surface area contributed by atoms with Gasteiger partial charge in [0.15, 0.2) is 0 Å². The van der Waals surface area contributed by atoms with Crippen molar-refractivity contribution < 1.29 is 19.1 Å². The van der Waals surface area contributed by atoms with Gasteiger partial charge in [-0.3, -0.25) is 0 Å². The lowest BCUT2D eigenvalue weighted by molar-refractivity contribution is -0.142. The van der Waals surface area contributed by atoms with Crippen molar-refractivity contribution in [2.75, 3.05) is 7.11 Å². The van der Waals surface area contributed by atoms with Gasteiger partial charge in [0.1, 0.15) is 0 Å². The van der Waals surface area contributed by atoms with E-state index in [1.165, 1.54) is 7.11 Å². The maximum absolute atomic E-state index is 11.6. The van der Waals surface area contributed by atoms with Crippen LogP contribution in [0.15, 0.2) is 24.3 Å². The lowest BCUT2D eigenvalue weighted by Gasteiger charge is -2.29. The summed E-state index contributed by atoms with van der Waals surface area (Å²) in [6.45, 7) is 15.0. The van der Waals surface area contributed by atoms with Crippen molar-refractivity contribution >= 4 is 20.0 Å². The number of methoxy groups -OCH3 is 1. The molecule has 0 aliphatic carbocycles. The fraction of sp³-hybridized carbons (Fsp3) is 0.538. The highest BCUT2D eigenvalue weighted by atomic mass is 28.3. The Labute approximate surface area is 110 Å². The summed E-state index contributed by atoms with van der Waals surface area (Å²) in [5, 5.41) is 0. The summed E-state index contributed by atoms with van der Waals surface area (Å²) in [5.41, 5.74) is 0.356. The molecule has 0 N–H and O–H groups in total. The second kappa shape index (κ2) is 6.54.